The molecule has 2 aliphatic carbocycles. The van der Waals surface area contributed by atoms with Crippen molar-refractivity contribution < 1.29 is 4.79 Å². The van der Waals surface area contributed by atoms with Gasteiger partial charge in [0.15, 0.2) is 5.78 Å². The normalized spacial score (nSPS) is 29.8. The highest BCUT2D eigenvalue weighted by molar-refractivity contribution is 5.97. The number of fused-ring (bicyclic) bond motifs is 1. The molecule has 0 aromatic rings. The van der Waals surface area contributed by atoms with Gasteiger partial charge in [0.05, 0.1) is 0 Å². The number of Topliss-reactive ketones (excluding diaryl/α,β-unsaturated/α-hetero) is 1. The van der Waals surface area contributed by atoms with E-state index in [1.807, 2.05) is 6.92 Å². The number of hydrogen-bond donors (Lipinski definition) is 0. The van der Waals surface area contributed by atoms with Gasteiger partial charge in [0, 0.05) is 6.42 Å². The lowest BCUT2D eigenvalue weighted by Crippen LogP contribution is -2.26. The summed E-state index contributed by atoms with van der Waals surface area (Å²) in [6.45, 7) is 8.70. The minimum absolute atomic E-state index is 0.381. The first kappa shape index (κ1) is 11.6. The first-order valence-corrected chi connectivity index (χ1v) is 6.40. The Morgan fingerprint density at radius 3 is 2.62 bits per heavy atom. The molecule has 0 spiro atoms. The largest absolute Gasteiger partial charge is 0.295 e. The predicted octanol–water partition coefficient (Wildman–Crippen LogP) is 3.90. The van der Waals surface area contributed by atoms with Crippen LogP contribution in [0.4, 0.5) is 0 Å². The summed E-state index contributed by atoms with van der Waals surface area (Å²) in [7, 11) is 0. The van der Waals surface area contributed by atoms with Crippen LogP contribution in [0.3, 0.4) is 0 Å². The van der Waals surface area contributed by atoms with Gasteiger partial charge in [-0.05, 0) is 50.0 Å². The van der Waals surface area contributed by atoms with Crippen molar-refractivity contribution in [1.82, 2.24) is 0 Å². The molecule has 0 unspecified atom stereocenters. The van der Waals surface area contributed by atoms with E-state index in [9.17, 15) is 4.79 Å². The molecular weight excluding hydrogens is 196 g/mol. The van der Waals surface area contributed by atoms with Gasteiger partial charge >= 0.3 is 0 Å². The van der Waals surface area contributed by atoms with E-state index in [2.05, 4.69) is 26.8 Å². The van der Waals surface area contributed by atoms with E-state index in [0.717, 1.165) is 24.8 Å². The van der Waals surface area contributed by atoms with E-state index in [4.69, 9.17) is 0 Å². The van der Waals surface area contributed by atoms with Gasteiger partial charge in [-0.2, -0.15) is 0 Å². The Bertz CT molecular complexity index is 371. The Kier molecular flexibility index (Phi) is 3.05. The molecule has 0 radical (unpaired) electrons. The number of carbonyl (C=O) groups is 1. The zero-order valence-corrected chi connectivity index (χ0v) is 10.8. The zero-order valence-electron chi connectivity index (χ0n) is 10.8. The molecule has 0 fully saturated rings. The molecule has 0 bridgehead atoms. The van der Waals surface area contributed by atoms with Crippen LogP contribution in [0.1, 0.15) is 47.0 Å². The van der Waals surface area contributed by atoms with E-state index in [1.165, 1.54) is 11.1 Å². The second-order valence-corrected chi connectivity index (χ2v) is 5.77. The highest BCUT2D eigenvalue weighted by Gasteiger charge is 2.37. The van der Waals surface area contributed by atoms with Crippen molar-refractivity contribution in [3.8, 4) is 0 Å². The maximum Gasteiger partial charge on any atom is 0.159 e. The van der Waals surface area contributed by atoms with Crippen LogP contribution in [0.2, 0.25) is 0 Å². The van der Waals surface area contributed by atoms with Crippen LogP contribution >= 0.6 is 0 Å². The topological polar surface area (TPSA) is 17.1 Å². The van der Waals surface area contributed by atoms with Gasteiger partial charge in [0.25, 0.3) is 0 Å². The number of carbonyl (C=O) groups excluding carboxylic acids is 1. The number of allylic oxidation sites excluding steroid dienone is 4. The van der Waals surface area contributed by atoms with Crippen molar-refractivity contribution in [1.29, 1.82) is 0 Å². The average Bonchev–Trinajstić information content (AvgIpc) is 2.55. The number of hydrogen-bond acceptors (Lipinski definition) is 1. The summed E-state index contributed by atoms with van der Waals surface area (Å²) in [5, 5.41) is 0. The summed E-state index contributed by atoms with van der Waals surface area (Å²) >= 11 is 0. The smallest absolute Gasteiger partial charge is 0.159 e. The molecule has 16 heavy (non-hydrogen) atoms. The fraction of sp³-hybridized carbons (Fsp3) is 0.667. The minimum Gasteiger partial charge on any atom is -0.295 e. The summed E-state index contributed by atoms with van der Waals surface area (Å²) in [4.78, 5) is 12.0. The molecule has 0 heterocycles. The fourth-order valence-corrected chi connectivity index (χ4v) is 3.19. The highest BCUT2D eigenvalue weighted by atomic mass is 16.1. The van der Waals surface area contributed by atoms with Crippen molar-refractivity contribution in [2.45, 2.75) is 47.0 Å². The van der Waals surface area contributed by atoms with E-state index in [-0.39, 0.29) is 0 Å². The molecule has 0 saturated carbocycles. The second kappa shape index (κ2) is 4.20. The van der Waals surface area contributed by atoms with Gasteiger partial charge < -0.3 is 0 Å². The average molecular weight is 218 g/mol. The molecule has 2 atom stereocenters. The quantitative estimate of drug-likeness (QED) is 0.642. The van der Waals surface area contributed by atoms with Gasteiger partial charge in [-0.3, -0.25) is 4.79 Å². The van der Waals surface area contributed by atoms with Crippen molar-refractivity contribution in [2.24, 2.45) is 17.8 Å². The lowest BCUT2D eigenvalue weighted by Gasteiger charge is -2.31. The van der Waals surface area contributed by atoms with Crippen LogP contribution < -0.4 is 0 Å². The maximum absolute atomic E-state index is 12.0. The monoisotopic (exact) mass is 218 g/mol. The molecule has 0 N–H and O–H groups in total. The Morgan fingerprint density at radius 1 is 1.31 bits per heavy atom. The van der Waals surface area contributed by atoms with Crippen LogP contribution in [-0.2, 0) is 4.79 Å². The summed E-state index contributed by atoms with van der Waals surface area (Å²) in [5.74, 6) is 2.19. The molecule has 2 aliphatic rings. The van der Waals surface area contributed by atoms with E-state index in [1.54, 1.807) is 0 Å². The number of rotatable bonds is 2. The molecule has 0 aromatic heterocycles. The second-order valence-electron chi connectivity index (χ2n) is 5.77. The summed E-state index contributed by atoms with van der Waals surface area (Å²) in [6, 6.07) is 0. The minimum atomic E-state index is 0.381. The molecule has 2 rings (SSSR count). The molecule has 1 nitrogen and oxygen atoms in total. The summed E-state index contributed by atoms with van der Waals surface area (Å²) in [5.41, 5.74) is 3.95. The van der Waals surface area contributed by atoms with Gasteiger partial charge in [0.1, 0.15) is 0 Å². The Hall–Kier alpha value is -0.850. The van der Waals surface area contributed by atoms with Crippen LogP contribution in [0, 0.1) is 17.8 Å². The fourth-order valence-electron chi connectivity index (χ4n) is 3.19. The molecular formula is C15H22O. The summed E-state index contributed by atoms with van der Waals surface area (Å²) in [6.07, 6.45) is 5.34. The lowest BCUT2D eigenvalue weighted by molar-refractivity contribution is -0.117. The third kappa shape index (κ3) is 1.88. The molecule has 0 saturated heterocycles. The Balaban J connectivity index is 2.31. The van der Waals surface area contributed by atoms with Crippen molar-refractivity contribution >= 4 is 5.78 Å². The van der Waals surface area contributed by atoms with Crippen LogP contribution in [0.15, 0.2) is 22.8 Å². The van der Waals surface area contributed by atoms with Gasteiger partial charge in [0.2, 0.25) is 0 Å². The van der Waals surface area contributed by atoms with Crippen LogP contribution in [0.25, 0.3) is 0 Å². The molecule has 0 aromatic carbocycles. The third-order valence-corrected chi connectivity index (χ3v) is 4.15. The first-order valence-electron chi connectivity index (χ1n) is 6.40. The van der Waals surface area contributed by atoms with Crippen LogP contribution in [0.5, 0.6) is 0 Å². The molecule has 1 heteroatoms. The summed E-state index contributed by atoms with van der Waals surface area (Å²) < 4.78 is 0. The molecule has 0 aliphatic heterocycles. The predicted molar refractivity (Wildman–Crippen MR) is 67.1 cm³/mol. The Morgan fingerprint density at radius 2 is 2.00 bits per heavy atom. The van der Waals surface area contributed by atoms with Gasteiger partial charge in [-0.1, -0.05) is 31.1 Å². The standard InChI is InChI=1S/C15H22O/c1-9(2)7-14-11(4)15(16)8-13-10(3)5-6-12(13)14/h5,9,12-13H,6-8H2,1-4H3/t12-,13-/m0/s1. The van der Waals surface area contributed by atoms with Crippen molar-refractivity contribution in [2.75, 3.05) is 0 Å². The van der Waals surface area contributed by atoms with Crippen molar-refractivity contribution in [3.63, 3.8) is 0 Å². The van der Waals surface area contributed by atoms with Crippen LogP contribution in [-0.4, -0.2) is 5.78 Å². The molecule has 0 amide bonds. The first-order chi connectivity index (χ1) is 7.50. The lowest BCUT2D eigenvalue weighted by atomic mass is 9.72. The molecule has 88 valence electrons. The maximum atomic E-state index is 12.0. The number of ketones is 1. The third-order valence-electron chi connectivity index (χ3n) is 4.15. The van der Waals surface area contributed by atoms with E-state index >= 15 is 0 Å². The highest BCUT2D eigenvalue weighted by Crippen LogP contribution is 2.45. The van der Waals surface area contributed by atoms with E-state index in [0.29, 0.717) is 23.5 Å². The van der Waals surface area contributed by atoms with Gasteiger partial charge in [-0.15, -0.1) is 0 Å². The zero-order chi connectivity index (χ0) is 11.9. The van der Waals surface area contributed by atoms with E-state index < -0.39 is 0 Å². The Labute approximate surface area is 98.6 Å². The van der Waals surface area contributed by atoms with Crippen molar-refractivity contribution in [3.05, 3.63) is 22.8 Å². The SMILES string of the molecule is CC1=CC[C@@H]2C(CC(C)C)=C(C)C(=O)C[C@@H]12. The van der Waals surface area contributed by atoms with Gasteiger partial charge in [-0.25, -0.2) is 0 Å².